The summed E-state index contributed by atoms with van der Waals surface area (Å²) in [7, 11) is -4.20. The third-order valence-corrected chi connectivity index (χ3v) is 14.2. The number of hydrogen-bond donors (Lipinski definition) is 0. The summed E-state index contributed by atoms with van der Waals surface area (Å²) in [6.45, 7) is 20.8. The van der Waals surface area contributed by atoms with Crippen LogP contribution in [0.1, 0.15) is 32.1 Å². The summed E-state index contributed by atoms with van der Waals surface area (Å²) in [5, 5.41) is 0.274. The molecule has 1 saturated carbocycles. The molecular formula is C19H38OSi3. The summed E-state index contributed by atoms with van der Waals surface area (Å²) in [5.41, 5.74) is 2.25. The second-order valence-electron chi connectivity index (χ2n) is 9.66. The van der Waals surface area contributed by atoms with E-state index >= 15 is 0 Å². The van der Waals surface area contributed by atoms with Gasteiger partial charge in [0.25, 0.3) is 8.32 Å². The van der Waals surface area contributed by atoms with Crippen molar-refractivity contribution in [2.45, 2.75) is 95.1 Å². The third kappa shape index (κ3) is 6.28. The van der Waals surface area contributed by atoms with Crippen molar-refractivity contribution in [1.29, 1.82) is 0 Å². The lowest BCUT2D eigenvalue weighted by Crippen LogP contribution is -2.44. The zero-order valence-electron chi connectivity index (χ0n) is 16.6. The van der Waals surface area contributed by atoms with Gasteiger partial charge in [0.15, 0.2) is 0 Å². The smallest absolute Gasteiger partial charge is 0.255 e. The van der Waals surface area contributed by atoms with Gasteiger partial charge in [0, 0.05) is 5.04 Å². The molecule has 0 saturated heterocycles. The van der Waals surface area contributed by atoms with Gasteiger partial charge >= 0.3 is 0 Å². The minimum atomic E-state index is -1.55. The van der Waals surface area contributed by atoms with Gasteiger partial charge in [0.2, 0.25) is 0 Å². The molecule has 0 aromatic rings. The Morgan fingerprint density at radius 3 is 2.00 bits per heavy atom. The van der Waals surface area contributed by atoms with Gasteiger partial charge in [-0.25, -0.2) is 0 Å². The molecule has 0 aliphatic heterocycles. The first-order chi connectivity index (χ1) is 10.4. The molecule has 0 aromatic heterocycles. The van der Waals surface area contributed by atoms with Crippen molar-refractivity contribution in [3.8, 4) is 12.0 Å². The fourth-order valence-corrected chi connectivity index (χ4v) is 11.6. The van der Waals surface area contributed by atoms with E-state index in [0.717, 1.165) is 0 Å². The van der Waals surface area contributed by atoms with Gasteiger partial charge in [0.1, 0.15) is 0 Å². The van der Waals surface area contributed by atoms with Gasteiger partial charge in [-0.3, -0.25) is 0 Å². The zero-order valence-corrected chi connectivity index (χ0v) is 19.6. The SMILES string of the molecule is C=C[Si](C)(C)CC[Si](C)(C)C1(C#CO[Si](C)(C)C)CCCCC1. The molecular weight excluding hydrogens is 328 g/mol. The lowest BCUT2D eigenvalue weighted by molar-refractivity contribution is 0.426. The molecule has 4 heteroatoms. The van der Waals surface area contributed by atoms with E-state index in [0.29, 0.717) is 0 Å². The largest absolute Gasteiger partial charge is 0.501 e. The van der Waals surface area contributed by atoms with Gasteiger partial charge < -0.3 is 4.43 Å². The molecule has 0 bridgehead atoms. The van der Waals surface area contributed by atoms with Crippen molar-refractivity contribution < 1.29 is 4.43 Å². The van der Waals surface area contributed by atoms with Crippen LogP contribution < -0.4 is 0 Å². The predicted molar refractivity (Wildman–Crippen MR) is 113 cm³/mol. The molecule has 0 heterocycles. The van der Waals surface area contributed by atoms with Gasteiger partial charge in [-0.15, -0.1) is 12.3 Å². The highest BCUT2D eigenvalue weighted by Gasteiger charge is 2.46. The molecule has 0 atom stereocenters. The van der Waals surface area contributed by atoms with E-state index in [1.807, 2.05) is 0 Å². The summed E-state index contributed by atoms with van der Waals surface area (Å²) in [6, 6.07) is 2.76. The molecule has 1 nitrogen and oxygen atoms in total. The third-order valence-electron chi connectivity index (χ3n) is 5.60. The van der Waals surface area contributed by atoms with Gasteiger partial charge in [-0.05, 0) is 32.5 Å². The van der Waals surface area contributed by atoms with Crippen molar-refractivity contribution in [2.24, 2.45) is 0 Å². The topological polar surface area (TPSA) is 9.23 Å². The minimum Gasteiger partial charge on any atom is -0.501 e. The first kappa shape index (κ1) is 20.8. The molecule has 0 spiro atoms. The van der Waals surface area contributed by atoms with E-state index in [9.17, 15) is 0 Å². The van der Waals surface area contributed by atoms with Crippen molar-refractivity contribution in [3.63, 3.8) is 0 Å². The van der Waals surface area contributed by atoms with E-state index in [4.69, 9.17) is 4.43 Å². The summed E-state index contributed by atoms with van der Waals surface area (Å²) >= 11 is 0. The first-order valence-electron chi connectivity index (χ1n) is 9.27. The molecule has 132 valence electrons. The summed E-state index contributed by atoms with van der Waals surface area (Å²) in [5.74, 6) is 3.70. The minimum absolute atomic E-state index is 0.274. The maximum Gasteiger partial charge on any atom is 0.255 e. The van der Waals surface area contributed by atoms with Crippen molar-refractivity contribution in [2.75, 3.05) is 0 Å². The molecule has 0 amide bonds. The maximum atomic E-state index is 5.91. The van der Waals surface area contributed by atoms with Crippen molar-refractivity contribution in [3.05, 3.63) is 12.3 Å². The summed E-state index contributed by atoms with van der Waals surface area (Å²) in [4.78, 5) is 0. The van der Waals surface area contributed by atoms with Crippen molar-refractivity contribution >= 4 is 24.5 Å². The first-order valence-corrected chi connectivity index (χ1v) is 19.2. The Hall–Kier alpha value is -0.249. The standard InChI is InChI=1S/C19H38OSi3/c1-9-22(5,6)17-18-23(7,8)19(13-11-10-12-14-19)15-16-20-21(2,3)4/h9H,1,10-14,17-18H2,2-8H3. The quantitative estimate of drug-likeness (QED) is 0.378. The molecule has 0 aromatic carbocycles. The Balaban J connectivity index is 2.97. The maximum absolute atomic E-state index is 5.91. The van der Waals surface area contributed by atoms with Crippen LogP contribution in [0, 0.1) is 12.0 Å². The van der Waals surface area contributed by atoms with Crippen LogP contribution in [-0.4, -0.2) is 24.5 Å². The monoisotopic (exact) mass is 366 g/mol. The molecule has 1 fully saturated rings. The normalized spacial score (nSPS) is 18.7. The lowest BCUT2D eigenvalue weighted by atomic mass is 9.88. The van der Waals surface area contributed by atoms with Crippen LogP contribution in [0.2, 0.25) is 63.0 Å². The second-order valence-corrected chi connectivity index (χ2v) is 24.2. The Bertz CT molecular complexity index is 457. The van der Waals surface area contributed by atoms with Gasteiger partial charge in [0.05, 0.1) is 22.3 Å². The van der Waals surface area contributed by atoms with E-state index in [1.54, 1.807) is 0 Å². The fourth-order valence-electron chi connectivity index (χ4n) is 3.38. The van der Waals surface area contributed by atoms with Crippen LogP contribution in [-0.2, 0) is 4.43 Å². The average Bonchev–Trinajstić information content (AvgIpc) is 2.45. The van der Waals surface area contributed by atoms with E-state index in [-0.39, 0.29) is 5.04 Å². The highest BCUT2D eigenvalue weighted by Crippen LogP contribution is 2.52. The number of hydrogen-bond acceptors (Lipinski definition) is 1. The summed E-state index contributed by atoms with van der Waals surface area (Å²) in [6.07, 6.45) is 9.86. The van der Waals surface area contributed by atoms with Gasteiger partial charge in [-0.1, -0.05) is 63.5 Å². The van der Waals surface area contributed by atoms with E-state index in [2.05, 4.69) is 70.1 Å². The molecule has 1 rings (SSSR count). The van der Waals surface area contributed by atoms with Crippen LogP contribution in [0.5, 0.6) is 0 Å². The van der Waals surface area contributed by atoms with E-state index in [1.165, 1.54) is 44.2 Å². The Morgan fingerprint density at radius 1 is 0.957 bits per heavy atom. The Kier molecular flexibility index (Phi) is 7.01. The average molecular weight is 367 g/mol. The molecule has 23 heavy (non-hydrogen) atoms. The van der Waals surface area contributed by atoms with E-state index < -0.39 is 24.5 Å². The van der Waals surface area contributed by atoms with Crippen LogP contribution in [0.3, 0.4) is 0 Å². The highest BCUT2D eigenvalue weighted by molar-refractivity contribution is 6.86. The molecule has 0 unspecified atom stereocenters. The molecule has 1 aliphatic rings. The predicted octanol–water partition coefficient (Wildman–Crippen LogP) is 6.65. The highest BCUT2D eigenvalue weighted by atomic mass is 28.4. The molecule has 0 radical (unpaired) electrons. The van der Waals surface area contributed by atoms with Crippen LogP contribution in [0.15, 0.2) is 12.3 Å². The fraction of sp³-hybridized carbons (Fsp3) is 0.789. The van der Waals surface area contributed by atoms with Crippen molar-refractivity contribution in [1.82, 2.24) is 0 Å². The molecule has 0 N–H and O–H groups in total. The second kappa shape index (κ2) is 7.76. The Morgan fingerprint density at radius 2 is 1.52 bits per heavy atom. The lowest BCUT2D eigenvalue weighted by Gasteiger charge is -2.45. The molecule has 1 aliphatic carbocycles. The number of rotatable bonds is 6. The van der Waals surface area contributed by atoms with Gasteiger partial charge in [-0.2, -0.15) is 0 Å². The van der Waals surface area contributed by atoms with Crippen LogP contribution >= 0.6 is 0 Å². The van der Waals surface area contributed by atoms with Crippen LogP contribution in [0.25, 0.3) is 0 Å². The summed E-state index contributed by atoms with van der Waals surface area (Å²) < 4.78 is 5.91. The van der Waals surface area contributed by atoms with Crippen LogP contribution in [0.4, 0.5) is 0 Å². The zero-order chi connectivity index (χ0) is 17.8. The Labute approximate surface area is 148 Å².